The van der Waals surface area contributed by atoms with Crippen LogP contribution in [-0.2, 0) is 0 Å². The van der Waals surface area contributed by atoms with Gasteiger partial charge in [0, 0.05) is 5.56 Å². The number of hydrogen-bond donors (Lipinski definition) is 2. The van der Waals surface area contributed by atoms with Crippen LogP contribution in [0.5, 0.6) is 5.75 Å². The SMILES string of the molecule is COc1ccsc1C(=O)c1ccc2[nH]c(=O)[nH]c2c1. The second-order valence-electron chi connectivity index (χ2n) is 3.99. The summed E-state index contributed by atoms with van der Waals surface area (Å²) < 4.78 is 5.15. The number of carbonyl (C=O) groups is 1. The number of H-pyrrole nitrogens is 2. The van der Waals surface area contributed by atoms with Crippen molar-refractivity contribution in [2.75, 3.05) is 7.11 Å². The van der Waals surface area contributed by atoms with Crippen LogP contribution >= 0.6 is 11.3 Å². The summed E-state index contributed by atoms with van der Waals surface area (Å²) in [4.78, 5) is 29.4. The Morgan fingerprint density at radius 3 is 2.79 bits per heavy atom. The topological polar surface area (TPSA) is 75.0 Å². The second kappa shape index (κ2) is 4.40. The van der Waals surface area contributed by atoms with Crippen LogP contribution < -0.4 is 10.4 Å². The summed E-state index contributed by atoms with van der Waals surface area (Å²) in [5, 5.41) is 1.81. The van der Waals surface area contributed by atoms with Gasteiger partial charge in [-0.1, -0.05) is 0 Å². The number of aromatic nitrogens is 2. The lowest BCUT2D eigenvalue weighted by molar-refractivity contribution is 0.104. The molecule has 19 heavy (non-hydrogen) atoms. The van der Waals surface area contributed by atoms with Crippen molar-refractivity contribution in [1.82, 2.24) is 9.97 Å². The van der Waals surface area contributed by atoms with E-state index in [4.69, 9.17) is 4.74 Å². The van der Waals surface area contributed by atoms with E-state index >= 15 is 0 Å². The molecule has 3 rings (SSSR count). The van der Waals surface area contributed by atoms with Gasteiger partial charge in [0.1, 0.15) is 10.6 Å². The highest BCUT2D eigenvalue weighted by atomic mass is 32.1. The Morgan fingerprint density at radius 2 is 2.00 bits per heavy atom. The predicted octanol–water partition coefficient (Wildman–Crippen LogP) is 2.16. The van der Waals surface area contributed by atoms with E-state index in [9.17, 15) is 9.59 Å². The van der Waals surface area contributed by atoms with E-state index in [2.05, 4.69) is 9.97 Å². The number of hydrogen-bond acceptors (Lipinski definition) is 4. The summed E-state index contributed by atoms with van der Waals surface area (Å²) in [6.45, 7) is 0. The van der Waals surface area contributed by atoms with Crippen LogP contribution in [-0.4, -0.2) is 22.9 Å². The molecule has 0 aliphatic rings. The molecule has 1 aromatic carbocycles. The van der Waals surface area contributed by atoms with Gasteiger partial charge in [-0.3, -0.25) is 4.79 Å². The Bertz CT molecular complexity index is 813. The number of benzene rings is 1. The summed E-state index contributed by atoms with van der Waals surface area (Å²) in [6.07, 6.45) is 0. The summed E-state index contributed by atoms with van der Waals surface area (Å²) in [5.74, 6) is 0.452. The van der Waals surface area contributed by atoms with Crippen molar-refractivity contribution in [2.45, 2.75) is 0 Å². The molecule has 0 spiro atoms. The van der Waals surface area contributed by atoms with Gasteiger partial charge in [-0.25, -0.2) is 4.79 Å². The molecule has 0 fully saturated rings. The Labute approximate surface area is 111 Å². The van der Waals surface area contributed by atoms with Crippen molar-refractivity contribution in [2.24, 2.45) is 0 Å². The maximum atomic E-state index is 12.4. The summed E-state index contributed by atoms with van der Waals surface area (Å²) in [5.41, 5.74) is 1.53. The quantitative estimate of drug-likeness (QED) is 0.719. The molecule has 96 valence electrons. The summed E-state index contributed by atoms with van der Waals surface area (Å²) in [6, 6.07) is 6.82. The van der Waals surface area contributed by atoms with Gasteiger partial charge in [0.25, 0.3) is 0 Å². The van der Waals surface area contributed by atoms with Gasteiger partial charge >= 0.3 is 5.69 Å². The molecule has 3 aromatic rings. The molecule has 0 amide bonds. The Balaban J connectivity index is 2.08. The van der Waals surface area contributed by atoms with Gasteiger partial charge in [-0.05, 0) is 29.6 Å². The van der Waals surface area contributed by atoms with E-state index in [1.54, 1.807) is 24.3 Å². The smallest absolute Gasteiger partial charge is 0.323 e. The van der Waals surface area contributed by atoms with E-state index in [0.717, 1.165) is 0 Å². The number of aromatic amines is 2. The maximum absolute atomic E-state index is 12.4. The molecule has 0 unspecified atom stereocenters. The highest BCUT2D eigenvalue weighted by Crippen LogP contribution is 2.27. The first kappa shape index (κ1) is 11.7. The van der Waals surface area contributed by atoms with E-state index < -0.39 is 0 Å². The normalized spacial score (nSPS) is 10.8. The number of methoxy groups -OCH3 is 1. The number of ketones is 1. The molecule has 2 heterocycles. The highest BCUT2D eigenvalue weighted by Gasteiger charge is 2.16. The zero-order valence-electron chi connectivity index (χ0n) is 10.0. The fourth-order valence-corrected chi connectivity index (χ4v) is 2.75. The van der Waals surface area contributed by atoms with Crippen molar-refractivity contribution in [3.63, 3.8) is 0 Å². The molecule has 0 radical (unpaired) electrons. The number of imidazole rings is 1. The van der Waals surface area contributed by atoms with Crippen LogP contribution in [0.25, 0.3) is 11.0 Å². The largest absolute Gasteiger partial charge is 0.495 e. The van der Waals surface area contributed by atoms with Crippen LogP contribution in [0.2, 0.25) is 0 Å². The van der Waals surface area contributed by atoms with Crippen LogP contribution in [0.15, 0.2) is 34.4 Å². The first-order valence-electron chi connectivity index (χ1n) is 5.57. The number of ether oxygens (including phenoxy) is 1. The van der Waals surface area contributed by atoms with Crippen molar-refractivity contribution >= 4 is 28.2 Å². The lowest BCUT2D eigenvalue weighted by Gasteiger charge is -2.02. The van der Waals surface area contributed by atoms with E-state index in [1.807, 2.05) is 5.38 Å². The molecule has 0 aliphatic heterocycles. The lowest BCUT2D eigenvalue weighted by Crippen LogP contribution is -2.00. The van der Waals surface area contributed by atoms with Crippen LogP contribution in [0, 0.1) is 0 Å². The number of rotatable bonds is 3. The Hall–Kier alpha value is -2.34. The third-order valence-electron chi connectivity index (χ3n) is 2.83. The Kier molecular flexibility index (Phi) is 2.72. The zero-order chi connectivity index (χ0) is 13.4. The highest BCUT2D eigenvalue weighted by molar-refractivity contribution is 7.12. The molecule has 0 bridgehead atoms. The molecule has 0 saturated carbocycles. The van der Waals surface area contributed by atoms with Crippen LogP contribution in [0.3, 0.4) is 0 Å². The van der Waals surface area contributed by atoms with Gasteiger partial charge in [0.2, 0.25) is 5.78 Å². The predicted molar refractivity (Wildman–Crippen MR) is 73.2 cm³/mol. The monoisotopic (exact) mass is 274 g/mol. The van der Waals surface area contributed by atoms with E-state index in [0.29, 0.717) is 27.2 Å². The number of thiophene rings is 1. The minimum absolute atomic E-state index is 0.115. The van der Waals surface area contributed by atoms with Crippen molar-refractivity contribution in [1.29, 1.82) is 0 Å². The number of nitrogens with one attached hydrogen (secondary N) is 2. The summed E-state index contributed by atoms with van der Waals surface area (Å²) in [7, 11) is 1.53. The first-order valence-corrected chi connectivity index (χ1v) is 6.45. The molecule has 0 atom stereocenters. The first-order chi connectivity index (χ1) is 9.19. The minimum Gasteiger partial charge on any atom is -0.495 e. The van der Waals surface area contributed by atoms with Gasteiger partial charge in [0.05, 0.1) is 18.1 Å². The molecule has 2 aromatic heterocycles. The molecule has 6 heteroatoms. The standard InChI is InChI=1S/C13H10N2O3S/c1-18-10-4-5-19-12(10)11(16)7-2-3-8-9(6-7)15-13(17)14-8/h2-6H,1H3,(H2,14,15,17). The van der Waals surface area contributed by atoms with Gasteiger partial charge in [-0.15, -0.1) is 11.3 Å². The Morgan fingerprint density at radius 1 is 1.21 bits per heavy atom. The minimum atomic E-state index is -0.284. The van der Waals surface area contributed by atoms with Gasteiger partial charge < -0.3 is 14.7 Å². The molecule has 2 N–H and O–H groups in total. The van der Waals surface area contributed by atoms with Gasteiger partial charge in [-0.2, -0.15) is 0 Å². The molecular formula is C13H10N2O3S. The fourth-order valence-electron chi connectivity index (χ4n) is 1.93. The van der Waals surface area contributed by atoms with E-state index in [-0.39, 0.29) is 11.5 Å². The van der Waals surface area contributed by atoms with E-state index in [1.165, 1.54) is 18.4 Å². The fraction of sp³-hybridized carbons (Fsp3) is 0.0769. The van der Waals surface area contributed by atoms with Gasteiger partial charge in [0.15, 0.2) is 0 Å². The zero-order valence-corrected chi connectivity index (χ0v) is 10.8. The average Bonchev–Trinajstić information content (AvgIpc) is 3.01. The number of carbonyl (C=O) groups excluding carboxylic acids is 1. The maximum Gasteiger partial charge on any atom is 0.323 e. The molecule has 0 aliphatic carbocycles. The lowest BCUT2D eigenvalue weighted by atomic mass is 10.1. The number of fused-ring (bicyclic) bond motifs is 1. The van der Waals surface area contributed by atoms with Crippen molar-refractivity contribution in [3.05, 3.63) is 50.6 Å². The third kappa shape index (κ3) is 1.96. The third-order valence-corrected chi connectivity index (χ3v) is 3.73. The average molecular weight is 274 g/mol. The van der Waals surface area contributed by atoms with Crippen molar-refractivity contribution < 1.29 is 9.53 Å². The molecular weight excluding hydrogens is 264 g/mol. The van der Waals surface area contributed by atoms with Crippen molar-refractivity contribution in [3.8, 4) is 5.75 Å². The molecule has 5 nitrogen and oxygen atoms in total. The van der Waals surface area contributed by atoms with Crippen LogP contribution in [0.1, 0.15) is 15.2 Å². The van der Waals surface area contributed by atoms with Crippen LogP contribution in [0.4, 0.5) is 0 Å². The summed E-state index contributed by atoms with van der Waals surface area (Å²) >= 11 is 1.33. The second-order valence-corrected chi connectivity index (χ2v) is 4.90. The molecule has 0 saturated heterocycles.